The van der Waals surface area contributed by atoms with Gasteiger partial charge in [-0.1, -0.05) is 12.1 Å². The monoisotopic (exact) mass is 524 g/mol. The number of phenols is 1. The molecule has 204 valence electrons. The molecule has 5 amide bonds. The van der Waals surface area contributed by atoms with Crippen LogP contribution in [0.3, 0.4) is 0 Å². The van der Waals surface area contributed by atoms with Gasteiger partial charge in [-0.3, -0.25) is 24.0 Å². The molecule has 0 fully saturated rings. The van der Waals surface area contributed by atoms with E-state index >= 15 is 0 Å². The van der Waals surface area contributed by atoms with Crippen LogP contribution in [0.15, 0.2) is 24.3 Å². The number of hydrogen-bond acceptors (Lipinski definition) is 9. The van der Waals surface area contributed by atoms with Crippen LogP contribution in [0, 0.1) is 0 Å². The summed E-state index contributed by atoms with van der Waals surface area (Å²) >= 11 is 0. The summed E-state index contributed by atoms with van der Waals surface area (Å²) in [6.45, 7) is 0.993. The van der Waals surface area contributed by atoms with Gasteiger partial charge in [-0.2, -0.15) is 0 Å². The highest BCUT2D eigenvalue weighted by molar-refractivity contribution is 5.94. The predicted molar refractivity (Wildman–Crippen MR) is 128 cm³/mol. The molecule has 0 saturated heterocycles. The van der Waals surface area contributed by atoms with Gasteiger partial charge < -0.3 is 47.6 Å². The Kier molecular flexibility index (Phi) is 12.5. The highest BCUT2D eigenvalue weighted by atomic mass is 16.4. The molecule has 37 heavy (non-hydrogen) atoms. The molecule has 0 radical (unpaired) electrons. The van der Waals surface area contributed by atoms with Crippen molar-refractivity contribution in [2.24, 2.45) is 5.73 Å². The van der Waals surface area contributed by atoms with Crippen molar-refractivity contribution in [2.45, 2.75) is 44.4 Å². The molecule has 0 bridgehead atoms. The first kappa shape index (κ1) is 30.8. The van der Waals surface area contributed by atoms with E-state index in [1.54, 1.807) is 0 Å². The number of hydrogen-bond donors (Lipinski definition) is 9. The smallest absolute Gasteiger partial charge is 0.326 e. The van der Waals surface area contributed by atoms with Crippen LogP contribution in [0.1, 0.15) is 19.4 Å². The number of aliphatic hydroxyl groups is 1. The summed E-state index contributed by atoms with van der Waals surface area (Å²) in [6.07, 6.45) is -0.125. The number of phenolic OH excluding ortho intramolecular Hbond substituents is 1. The maximum absolute atomic E-state index is 12.5. The normalized spacial score (nSPS) is 13.7. The number of nitrogens with one attached hydrogen (secondary N) is 5. The molecule has 1 rings (SSSR count). The van der Waals surface area contributed by atoms with E-state index in [2.05, 4.69) is 26.6 Å². The minimum absolute atomic E-state index is 0.0168. The van der Waals surface area contributed by atoms with E-state index in [-0.39, 0.29) is 18.7 Å². The second kappa shape index (κ2) is 15.0. The summed E-state index contributed by atoms with van der Waals surface area (Å²) in [5, 5.41) is 39.6. The van der Waals surface area contributed by atoms with Gasteiger partial charge in [-0.25, -0.2) is 4.79 Å². The predicted octanol–water partition coefficient (Wildman–Crippen LogP) is -3.93. The van der Waals surface area contributed by atoms with Gasteiger partial charge in [0.2, 0.25) is 29.5 Å². The largest absolute Gasteiger partial charge is 0.508 e. The molecule has 0 aliphatic heterocycles. The number of aromatic hydroxyl groups is 1. The zero-order valence-corrected chi connectivity index (χ0v) is 20.3. The van der Waals surface area contributed by atoms with Crippen molar-refractivity contribution < 1.29 is 44.1 Å². The topological polar surface area (TPSA) is 249 Å². The zero-order valence-electron chi connectivity index (χ0n) is 20.3. The Bertz CT molecular complexity index is 985. The molecule has 1 aromatic carbocycles. The maximum atomic E-state index is 12.5. The molecular formula is C22H32N6O9. The van der Waals surface area contributed by atoms with E-state index in [4.69, 9.17) is 5.73 Å². The minimum Gasteiger partial charge on any atom is -0.508 e. The molecule has 15 nitrogen and oxygen atoms in total. The zero-order chi connectivity index (χ0) is 28.1. The van der Waals surface area contributed by atoms with Crippen LogP contribution in [0.25, 0.3) is 0 Å². The fourth-order valence-electron chi connectivity index (χ4n) is 2.88. The molecule has 15 heteroatoms. The van der Waals surface area contributed by atoms with E-state index in [1.165, 1.54) is 38.1 Å². The van der Waals surface area contributed by atoms with Gasteiger partial charge in [0.25, 0.3) is 0 Å². The highest BCUT2D eigenvalue weighted by Gasteiger charge is 2.28. The number of benzene rings is 1. The molecule has 0 aromatic heterocycles. The Morgan fingerprint density at radius 3 is 1.89 bits per heavy atom. The van der Waals surface area contributed by atoms with Crippen LogP contribution in [0.5, 0.6) is 5.75 Å². The van der Waals surface area contributed by atoms with Crippen molar-refractivity contribution in [3.8, 4) is 5.75 Å². The molecule has 0 unspecified atom stereocenters. The Hall–Kier alpha value is -4.24. The number of nitrogens with two attached hydrogens (primary N) is 1. The molecule has 0 saturated carbocycles. The van der Waals surface area contributed by atoms with E-state index in [1.807, 2.05) is 0 Å². The highest BCUT2D eigenvalue weighted by Crippen LogP contribution is 2.11. The van der Waals surface area contributed by atoms with Crippen LogP contribution in [-0.4, -0.2) is 94.7 Å². The SMILES string of the molecule is C[C@H](NC(=O)CN)C(=O)NCC(=O)N[C@@H](C)C(=O)N[C@@H](CO)C(=O)N[C@@H](Cc1ccc(O)cc1)C(=O)O. The Labute approximate surface area is 212 Å². The number of carboxylic acids is 1. The lowest BCUT2D eigenvalue weighted by molar-refractivity contribution is -0.142. The summed E-state index contributed by atoms with van der Waals surface area (Å²) in [5.41, 5.74) is 5.65. The summed E-state index contributed by atoms with van der Waals surface area (Å²) in [4.78, 5) is 71.6. The lowest BCUT2D eigenvalue weighted by Gasteiger charge is -2.22. The Morgan fingerprint density at radius 2 is 1.35 bits per heavy atom. The van der Waals surface area contributed by atoms with E-state index in [0.717, 1.165) is 0 Å². The second-order valence-corrected chi connectivity index (χ2v) is 8.01. The summed E-state index contributed by atoms with van der Waals surface area (Å²) < 4.78 is 0. The van der Waals surface area contributed by atoms with Gasteiger partial charge in [0.15, 0.2) is 0 Å². The van der Waals surface area contributed by atoms with Crippen LogP contribution >= 0.6 is 0 Å². The van der Waals surface area contributed by atoms with Crippen molar-refractivity contribution in [3.63, 3.8) is 0 Å². The molecule has 0 aliphatic carbocycles. The van der Waals surface area contributed by atoms with Crippen LogP contribution in [0.2, 0.25) is 0 Å². The number of carboxylic acid groups (broad SMARTS) is 1. The summed E-state index contributed by atoms with van der Waals surface area (Å²) in [7, 11) is 0. The quantitative estimate of drug-likeness (QED) is 0.114. The third-order valence-electron chi connectivity index (χ3n) is 4.96. The number of carbonyl (C=O) groups excluding carboxylic acids is 5. The van der Waals surface area contributed by atoms with Crippen LogP contribution in [0.4, 0.5) is 0 Å². The van der Waals surface area contributed by atoms with Gasteiger partial charge in [0, 0.05) is 6.42 Å². The summed E-state index contributed by atoms with van der Waals surface area (Å²) in [6, 6.07) is 0.632. The molecule has 0 spiro atoms. The van der Waals surface area contributed by atoms with Crippen molar-refractivity contribution >= 4 is 35.5 Å². The molecule has 10 N–H and O–H groups in total. The number of amides is 5. The van der Waals surface area contributed by atoms with E-state index < -0.39 is 72.8 Å². The molecular weight excluding hydrogens is 492 g/mol. The second-order valence-electron chi connectivity index (χ2n) is 8.01. The van der Waals surface area contributed by atoms with Gasteiger partial charge in [0.05, 0.1) is 19.7 Å². The average molecular weight is 525 g/mol. The average Bonchev–Trinajstić information content (AvgIpc) is 2.85. The number of rotatable bonds is 14. The van der Waals surface area contributed by atoms with Gasteiger partial charge in [0.1, 0.15) is 29.9 Å². The number of carbonyl (C=O) groups is 6. The number of aliphatic hydroxyl groups excluding tert-OH is 1. The molecule has 1 aromatic rings. The van der Waals surface area contributed by atoms with Crippen molar-refractivity contribution in [2.75, 3.05) is 19.7 Å². The van der Waals surface area contributed by atoms with Gasteiger partial charge in [-0.15, -0.1) is 0 Å². The van der Waals surface area contributed by atoms with Gasteiger partial charge >= 0.3 is 5.97 Å². The minimum atomic E-state index is -1.51. The standard InChI is InChI=1S/C22H32N6O9/c1-11(25-17(31)8-23)19(33)24-9-18(32)26-12(2)20(34)28-16(10-29)21(35)27-15(22(36)37)7-13-3-5-14(30)6-4-13/h3-6,11-12,15-16,29-30H,7-10,23H2,1-2H3,(H,24,33)(H,25,31)(H,26,32)(H,27,35)(H,28,34)(H,36,37)/t11-,12-,15-,16-/m0/s1. The first-order chi connectivity index (χ1) is 17.4. The fraction of sp³-hybridized carbons (Fsp3) is 0.455. The van der Waals surface area contributed by atoms with E-state index in [0.29, 0.717) is 5.56 Å². The lowest BCUT2D eigenvalue weighted by Crippen LogP contribution is -2.57. The third kappa shape index (κ3) is 10.9. The first-order valence-electron chi connectivity index (χ1n) is 11.2. The van der Waals surface area contributed by atoms with Crippen molar-refractivity contribution in [3.05, 3.63) is 29.8 Å². The van der Waals surface area contributed by atoms with E-state index in [9.17, 15) is 44.1 Å². The van der Waals surface area contributed by atoms with Crippen LogP contribution in [-0.2, 0) is 35.2 Å². The molecule has 4 atom stereocenters. The first-order valence-corrected chi connectivity index (χ1v) is 11.2. The third-order valence-corrected chi connectivity index (χ3v) is 4.96. The molecule has 0 aliphatic rings. The van der Waals surface area contributed by atoms with Gasteiger partial charge in [-0.05, 0) is 31.5 Å². The molecule has 0 heterocycles. The summed E-state index contributed by atoms with van der Waals surface area (Å²) in [5.74, 6) is -5.18. The Balaban J connectivity index is 2.60. The fourth-order valence-corrected chi connectivity index (χ4v) is 2.88. The number of aliphatic carboxylic acids is 1. The maximum Gasteiger partial charge on any atom is 0.326 e. The van der Waals surface area contributed by atoms with Crippen molar-refractivity contribution in [1.29, 1.82) is 0 Å². The Morgan fingerprint density at radius 1 is 0.811 bits per heavy atom. The van der Waals surface area contributed by atoms with Crippen LogP contribution < -0.4 is 32.3 Å². The van der Waals surface area contributed by atoms with Crippen molar-refractivity contribution in [1.82, 2.24) is 26.6 Å². The lowest BCUT2D eigenvalue weighted by atomic mass is 10.1.